The van der Waals surface area contributed by atoms with E-state index in [-0.39, 0.29) is 16.3 Å². The first-order valence-corrected chi connectivity index (χ1v) is 12.3. The Morgan fingerprint density at radius 1 is 1.15 bits per heavy atom. The Kier molecular flexibility index (Phi) is 8.12. The summed E-state index contributed by atoms with van der Waals surface area (Å²) in [7, 11) is -2.71. The number of benzene rings is 3. The van der Waals surface area contributed by atoms with E-state index in [0.29, 0.717) is 5.02 Å². The fourth-order valence-corrected chi connectivity index (χ4v) is 4.93. The maximum Gasteiger partial charge on any atom is 0.264 e. The van der Waals surface area contributed by atoms with Crippen molar-refractivity contribution in [3.8, 4) is 5.75 Å². The molecule has 3 aromatic rings. The number of carbonyl (C=O) groups excluding carboxylic acids is 1. The van der Waals surface area contributed by atoms with Crippen LogP contribution in [0, 0.1) is 6.92 Å². The van der Waals surface area contributed by atoms with Gasteiger partial charge in [-0.25, -0.2) is 13.8 Å². The predicted molar refractivity (Wildman–Crippen MR) is 134 cm³/mol. The SMILES string of the molecule is COc1ccc(Cl)cc1N(CC(=O)N/N=C\c1cccc(Br)c1)S(=O)(=O)c1ccc(C)cc1. The highest BCUT2D eigenvalue weighted by molar-refractivity contribution is 9.10. The Balaban J connectivity index is 1.93. The maximum absolute atomic E-state index is 13.5. The molecule has 3 rings (SSSR count). The molecule has 0 saturated heterocycles. The van der Waals surface area contributed by atoms with Gasteiger partial charge in [0.2, 0.25) is 0 Å². The number of hydrogen-bond donors (Lipinski definition) is 1. The van der Waals surface area contributed by atoms with Crippen molar-refractivity contribution in [3.05, 3.63) is 87.4 Å². The number of anilines is 1. The number of ether oxygens (including phenoxy) is 1. The lowest BCUT2D eigenvalue weighted by atomic mass is 10.2. The average Bonchev–Trinajstić information content (AvgIpc) is 2.78. The van der Waals surface area contributed by atoms with Crippen LogP contribution in [0.15, 0.2) is 81.2 Å². The highest BCUT2D eigenvalue weighted by atomic mass is 79.9. The van der Waals surface area contributed by atoms with Crippen molar-refractivity contribution in [3.63, 3.8) is 0 Å². The molecule has 3 aromatic carbocycles. The third-order valence-corrected chi connectivity index (χ3v) is 7.06. The Labute approximate surface area is 206 Å². The fourth-order valence-electron chi connectivity index (χ4n) is 2.93. The summed E-state index contributed by atoms with van der Waals surface area (Å²) in [5.41, 5.74) is 4.16. The first kappa shape index (κ1) is 24.8. The lowest BCUT2D eigenvalue weighted by molar-refractivity contribution is -0.119. The third kappa shape index (κ3) is 6.34. The van der Waals surface area contributed by atoms with E-state index < -0.39 is 22.5 Å². The molecular formula is C23H21BrClN3O4S. The van der Waals surface area contributed by atoms with E-state index in [1.165, 1.54) is 31.5 Å². The van der Waals surface area contributed by atoms with Gasteiger partial charge in [0.15, 0.2) is 0 Å². The third-order valence-electron chi connectivity index (χ3n) is 4.56. The highest BCUT2D eigenvalue weighted by Crippen LogP contribution is 2.34. The molecule has 172 valence electrons. The second-order valence-electron chi connectivity index (χ2n) is 6.99. The van der Waals surface area contributed by atoms with E-state index in [4.69, 9.17) is 16.3 Å². The van der Waals surface area contributed by atoms with Gasteiger partial charge in [-0.1, -0.05) is 57.4 Å². The molecule has 0 aliphatic rings. The topological polar surface area (TPSA) is 88.1 Å². The van der Waals surface area contributed by atoms with Crippen LogP contribution in [0.5, 0.6) is 5.75 Å². The second-order valence-corrected chi connectivity index (χ2v) is 10.2. The molecule has 0 atom stereocenters. The number of halogens is 2. The lowest BCUT2D eigenvalue weighted by Gasteiger charge is -2.25. The number of hydrazone groups is 1. The molecular weight excluding hydrogens is 530 g/mol. The average molecular weight is 551 g/mol. The van der Waals surface area contributed by atoms with Gasteiger partial charge in [0, 0.05) is 9.50 Å². The molecule has 0 aromatic heterocycles. The van der Waals surface area contributed by atoms with Gasteiger partial charge in [0.05, 0.1) is 23.9 Å². The molecule has 0 radical (unpaired) electrons. The highest BCUT2D eigenvalue weighted by Gasteiger charge is 2.29. The molecule has 0 saturated carbocycles. The summed E-state index contributed by atoms with van der Waals surface area (Å²) < 4.78 is 34.1. The Bertz CT molecular complexity index is 1280. The molecule has 0 fully saturated rings. The molecule has 1 N–H and O–H groups in total. The maximum atomic E-state index is 13.5. The molecule has 0 bridgehead atoms. The van der Waals surface area contributed by atoms with Gasteiger partial charge in [-0.2, -0.15) is 5.10 Å². The molecule has 10 heteroatoms. The fraction of sp³-hybridized carbons (Fsp3) is 0.130. The number of methoxy groups -OCH3 is 1. The summed E-state index contributed by atoms with van der Waals surface area (Å²) in [4.78, 5) is 12.7. The van der Waals surface area contributed by atoms with E-state index in [0.717, 1.165) is 19.9 Å². The smallest absolute Gasteiger partial charge is 0.264 e. The monoisotopic (exact) mass is 549 g/mol. The summed E-state index contributed by atoms with van der Waals surface area (Å²) in [5.74, 6) is -0.389. The predicted octanol–water partition coefficient (Wildman–Crippen LogP) is 4.77. The van der Waals surface area contributed by atoms with Crippen LogP contribution in [-0.4, -0.2) is 34.2 Å². The van der Waals surface area contributed by atoms with Gasteiger partial charge >= 0.3 is 0 Å². The van der Waals surface area contributed by atoms with Crippen LogP contribution in [0.3, 0.4) is 0 Å². The van der Waals surface area contributed by atoms with Crippen molar-refractivity contribution in [2.75, 3.05) is 18.0 Å². The van der Waals surface area contributed by atoms with E-state index in [9.17, 15) is 13.2 Å². The first-order valence-electron chi connectivity index (χ1n) is 9.71. The molecule has 7 nitrogen and oxygen atoms in total. The van der Waals surface area contributed by atoms with Crippen LogP contribution >= 0.6 is 27.5 Å². The van der Waals surface area contributed by atoms with Gasteiger partial charge in [-0.05, 0) is 55.0 Å². The quantitative estimate of drug-likeness (QED) is 0.323. The summed E-state index contributed by atoms with van der Waals surface area (Å²) in [5, 5.41) is 4.23. The van der Waals surface area contributed by atoms with E-state index in [2.05, 4.69) is 26.5 Å². The van der Waals surface area contributed by atoms with Gasteiger partial charge in [-0.15, -0.1) is 0 Å². The molecule has 1 amide bonds. The van der Waals surface area contributed by atoms with E-state index in [1.807, 2.05) is 31.2 Å². The van der Waals surface area contributed by atoms with Crippen molar-refractivity contribution >= 4 is 55.4 Å². The minimum Gasteiger partial charge on any atom is -0.495 e. The van der Waals surface area contributed by atoms with E-state index in [1.54, 1.807) is 24.3 Å². The van der Waals surface area contributed by atoms with Gasteiger partial charge in [0.25, 0.3) is 15.9 Å². The van der Waals surface area contributed by atoms with Gasteiger partial charge in [0.1, 0.15) is 12.3 Å². The summed E-state index contributed by atoms with van der Waals surface area (Å²) in [6, 6.07) is 18.2. The number of nitrogens with one attached hydrogen (secondary N) is 1. The first-order chi connectivity index (χ1) is 15.7. The number of hydrogen-bond acceptors (Lipinski definition) is 5. The van der Waals surface area contributed by atoms with Gasteiger partial charge < -0.3 is 4.74 Å². The number of amides is 1. The van der Waals surface area contributed by atoms with Crippen molar-refractivity contribution in [1.29, 1.82) is 0 Å². The van der Waals surface area contributed by atoms with Crippen molar-refractivity contribution in [2.24, 2.45) is 5.10 Å². The number of carbonyl (C=O) groups is 1. The molecule has 0 unspecified atom stereocenters. The van der Waals surface area contributed by atoms with Crippen LogP contribution in [0.2, 0.25) is 5.02 Å². The Hall–Kier alpha value is -2.88. The lowest BCUT2D eigenvalue weighted by Crippen LogP contribution is -2.39. The number of nitrogens with zero attached hydrogens (tertiary/aromatic N) is 2. The summed E-state index contributed by atoms with van der Waals surface area (Å²) in [6.45, 7) is 1.31. The normalized spacial score (nSPS) is 11.4. The van der Waals surface area contributed by atoms with Crippen molar-refractivity contribution in [1.82, 2.24) is 5.43 Å². The molecule has 0 heterocycles. The molecule has 33 heavy (non-hydrogen) atoms. The number of aryl methyl sites for hydroxylation is 1. The molecule has 0 aliphatic carbocycles. The summed E-state index contributed by atoms with van der Waals surface area (Å²) >= 11 is 9.49. The largest absolute Gasteiger partial charge is 0.495 e. The van der Waals surface area contributed by atoms with Crippen LogP contribution in [0.4, 0.5) is 5.69 Å². The number of rotatable bonds is 8. The molecule has 0 spiro atoms. The van der Waals surface area contributed by atoms with Crippen LogP contribution in [0.25, 0.3) is 0 Å². The Morgan fingerprint density at radius 2 is 1.88 bits per heavy atom. The Morgan fingerprint density at radius 3 is 2.55 bits per heavy atom. The van der Waals surface area contributed by atoms with Crippen LogP contribution in [0.1, 0.15) is 11.1 Å². The zero-order chi connectivity index (χ0) is 24.0. The summed E-state index contributed by atoms with van der Waals surface area (Å²) in [6.07, 6.45) is 1.46. The standard InChI is InChI=1S/C23H21BrClN3O4S/c1-16-6-9-20(10-7-16)33(30,31)28(21-13-19(25)8-11-22(21)32-2)15-23(29)27-26-14-17-4-3-5-18(24)12-17/h3-14H,15H2,1-2H3,(H,27,29)/b26-14-. The van der Waals surface area contributed by atoms with Crippen LogP contribution in [-0.2, 0) is 14.8 Å². The van der Waals surface area contributed by atoms with Crippen molar-refractivity contribution < 1.29 is 17.9 Å². The zero-order valence-corrected chi connectivity index (χ0v) is 21.0. The van der Waals surface area contributed by atoms with Crippen LogP contribution < -0.4 is 14.5 Å². The second kappa shape index (κ2) is 10.8. The minimum atomic E-state index is -4.12. The van der Waals surface area contributed by atoms with E-state index >= 15 is 0 Å². The minimum absolute atomic E-state index is 0.0283. The van der Waals surface area contributed by atoms with Gasteiger partial charge in [-0.3, -0.25) is 9.10 Å². The number of sulfonamides is 1. The van der Waals surface area contributed by atoms with Crippen molar-refractivity contribution in [2.45, 2.75) is 11.8 Å². The molecule has 0 aliphatic heterocycles. The zero-order valence-electron chi connectivity index (χ0n) is 17.8.